The molecule has 0 aromatic carbocycles. The van der Waals surface area contributed by atoms with E-state index in [4.69, 9.17) is 13.3 Å². The van der Waals surface area contributed by atoms with Crippen molar-refractivity contribution in [3.8, 4) is 0 Å². The molecule has 23 heavy (non-hydrogen) atoms. The van der Waals surface area contributed by atoms with Gasteiger partial charge in [-0.2, -0.15) is 9.98 Å². The van der Waals surface area contributed by atoms with Crippen molar-refractivity contribution < 1.29 is 23.2 Å². The Kier molecular flexibility index (Phi) is 4.40. The van der Waals surface area contributed by atoms with E-state index in [1.54, 1.807) is 0 Å². The van der Waals surface area contributed by atoms with Gasteiger partial charge < -0.3 is 18.5 Å². The largest absolute Gasteiger partial charge is 0.480 e. The molecular weight excluding hydrogens is 340 g/mol. The number of fused-ring (bicyclic) bond motifs is 1. The SMILES string of the molecule is C[Si](C)(C)OC1CC(N2CN3C(O)=NC3=NC2=O)OC1COS. The Morgan fingerprint density at radius 2 is 2.17 bits per heavy atom. The summed E-state index contributed by atoms with van der Waals surface area (Å²) in [4.78, 5) is 22.5. The Balaban J connectivity index is 1.70. The first-order valence-electron chi connectivity index (χ1n) is 7.32. The summed E-state index contributed by atoms with van der Waals surface area (Å²) >= 11 is 3.79. The molecule has 0 aliphatic carbocycles. The van der Waals surface area contributed by atoms with E-state index in [-0.39, 0.29) is 37.5 Å². The minimum absolute atomic E-state index is 0.149. The second-order valence-corrected chi connectivity index (χ2v) is 11.3. The first kappa shape index (κ1) is 16.7. The number of ether oxygens (including phenoxy) is 1. The molecular formula is C12H20N4O5SSi. The molecule has 3 aliphatic rings. The summed E-state index contributed by atoms with van der Waals surface area (Å²) in [6.07, 6.45) is -0.443. The van der Waals surface area contributed by atoms with Gasteiger partial charge in [0.1, 0.15) is 19.0 Å². The van der Waals surface area contributed by atoms with Crippen LogP contribution in [0.4, 0.5) is 4.79 Å². The van der Waals surface area contributed by atoms with Crippen LogP contribution in [0.3, 0.4) is 0 Å². The van der Waals surface area contributed by atoms with Crippen molar-refractivity contribution in [3.63, 3.8) is 0 Å². The number of hydrogen-bond acceptors (Lipinski definition) is 7. The van der Waals surface area contributed by atoms with Crippen LogP contribution in [0.15, 0.2) is 9.98 Å². The molecule has 0 radical (unpaired) electrons. The van der Waals surface area contributed by atoms with Gasteiger partial charge in [0, 0.05) is 6.42 Å². The van der Waals surface area contributed by atoms with Gasteiger partial charge in [-0.05, 0) is 32.6 Å². The summed E-state index contributed by atoms with van der Waals surface area (Å²) in [5.74, 6) is 0.229. The smallest absolute Gasteiger partial charge is 0.350 e. The molecule has 1 saturated heterocycles. The molecule has 0 aromatic heterocycles. The predicted molar refractivity (Wildman–Crippen MR) is 87.9 cm³/mol. The second-order valence-electron chi connectivity index (χ2n) is 6.57. The molecule has 11 heteroatoms. The number of guanidine groups is 1. The Bertz CT molecular complexity index is 566. The lowest BCUT2D eigenvalue weighted by molar-refractivity contribution is -0.0622. The van der Waals surface area contributed by atoms with Crippen LogP contribution in [0.2, 0.25) is 19.6 Å². The molecule has 0 aromatic rings. The first-order chi connectivity index (χ1) is 10.8. The highest BCUT2D eigenvalue weighted by Gasteiger charge is 2.46. The molecule has 0 saturated carbocycles. The molecule has 1 N–H and O–H groups in total. The van der Waals surface area contributed by atoms with Gasteiger partial charge in [-0.15, -0.1) is 0 Å². The van der Waals surface area contributed by atoms with Gasteiger partial charge in [0.05, 0.1) is 12.7 Å². The quantitative estimate of drug-likeness (QED) is 0.434. The van der Waals surface area contributed by atoms with Crippen molar-refractivity contribution in [2.75, 3.05) is 13.3 Å². The van der Waals surface area contributed by atoms with E-state index in [1.165, 1.54) is 9.80 Å². The van der Waals surface area contributed by atoms with E-state index in [0.717, 1.165) is 0 Å². The minimum Gasteiger partial charge on any atom is -0.480 e. The van der Waals surface area contributed by atoms with Gasteiger partial charge in [-0.3, -0.25) is 4.90 Å². The Morgan fingerprint density at radius 3 is 2.78 bits per heavy atom. The molecule has 9 nitrogen and oxygen atoms in total. The highest BCUT2D eigenvalue weighted by molar-refractivity contribution is 7.75. The molecule has 3 heterocycles. The third kappa shape index (κ3) is 3.38. The van der Waals surface area contributed by atoms with Crippen LogP contribution >= 0.6 is 12.9 Å². The van der Waals surface area contributed by atoms with Gasteiger partial charge >= 0.3 is 12.1 Å². The Hall–Kier alpha value is -1.14. The van der Waals surface area contributed by atoms with Crippen LogP contribution in [0.5, 0.6) is 0 Å². The topological polar surface area (TPSA) is 96.2 Å². The number of thiol groups is 1. The van der Waals surface area contributed by atoms with Gasteiger partial charge in [0.15, 0.2) is 8.32 Å². The number of nitrogens with zero attached hydrogens (tertiary/aromatic N) is 4. The highest BCUT2D eigenvalue weighted by atomic mass is 32.1. The van der Waals surface area contributed by atoms with Crippen LogP contribution in [0.25, 0.3) is 0 Å². The number of carbonyl (C=O) groups is 1. The fourth-order valence-electron chi connectivity index (χ4n) is 2.74. The third-order valence-electron chi connectivity index (χ3n) is 3.69. The molecule has 0 bridgehead atoms. The third-order valence-corrected chi connectivity index (χ3v) is 4.85. The van der Waals surface area contributed by atoms with E-state index in [0.29, 0.717) is 6.42 Å². The lowest BCUT2D eigenvalue weighted by atomic mass is 10.2. The maximum Gasteiger partial charge on any atom is 0.350 e. The molecule has 1 fully saturated rings. The highest BCUT2D eigenvalue weighted by Crippen LogP contribution is 2.30. The standard InChI is InChI=1S/C12H20N4O5SSi/c1-23(2,3)21-7-4-9(20-8(7)5-19-22)15-6-16-10(13-11(15)17)14-12(16)18/h7-9,22H,4-6H2,1-3H3,(H,13,14,17,18). The minimum atomic E-state index is -1.77. The van der Waals surface area contributed by atoms with Crippen molar-refractivity contribution in [3.05, 3.63) is 0 Å². The molecule has 0 spiro atoms. The van der Waals surface area contributed by atoms with Gasteiger partial charge in [0.25, 0.3) is 0 Å². The fourth-order valence-corrected chi connectivity index (χ4v) is 4.04. The maximum atomic E-state index is 12.1. The number of aliphatic imine (C=N–C) groups is 2. The van der Waals surface area contributed by atoms with Crippen LogP contribution in [0.1, 0.15) is 6.42 Å². The number of hydrogen-bond donors (Lipinski definition) is 2. The number of urea groups is 1. The number of rotatable bonds is 5. The first-order valence-corrected chi connectivity index (χ1v) is 11.1. The number of carbonyl (C=O) groups excluding carboxylic acids is 1. The average Bonchev–Trinajstić information content (AvgIpc) is 2.79. The lowest BCUT2D eigenvalue weighted by Gasteiger charge is -2.38. The van der Waals surface area contributed by atoms with Crippen molar-refractivity contribution >= 4 is 39.2 Å². The predicted octanol–water partition coefficient (Wildman–Crippen LogP) is 1.16. The zero-order valence-corrected chi connectivity index (χ0v) is 15.1. The van der Waals surface area contributed by atoms with Crippen LogP contribution < -0.4 is 0 Å². The maximum absolute atomic E-state index is 12.1. The zero-order valence-electron chi connectivity index (χ0n) is 13.2. The summed E-state index contributed by atoms with van der Waals surface area (Å²) in [5.41, 5.74) is 0. The summed E-state index contributed by atoms with van der Waals surface area (Å²) in [5, 5.41) is 9.50. The van der Waals surface area contributed by atoms with Gasteiger partial charge in [-0.25, -0.2) is 9.69 Å². The lowest BCUT2D eigenvalue weighted by Crippen LogP contribution is -2.58. The van der Waals surface area contributed by atoms with E-state index < -0.39 is 20.6 Å². The summed E-state index contributed by atoms with van der Waals surface area (Å²) in [7, 11) is -1.77. The van der Waals surface area contributed by atoms with Gasteiger partial charge in [-0.1, -0.05) is 0 Å². The van der Waals surface area contributed by atoms with Gasteiger partial charge in [0.2, 0.25) is 5.96 Å². The summed E-state index contributed by atoms with van der Waals surface area (Å²) in [6.45, 7) is 6.70. The zero-order chi connectivity index (χ0) is 16.8. The number of aliphatic hydroxyl groups is 1. The Morgan fingerprint density at radius 1 is 1.43 bits per heavy atom. The molecule has 3 aliphatic heterocycles. The van der Waals surface area contributed by atoms with E-state index in [2.05, 4.69) is 42.5 Å². The molecule has 3 rings (SSSR count). The van der Waals surface area contributed by atoms with Crippen LogP contribution in [-0.2, 0) is 13.3 Å². The van der Waals surface area contributed by atoms with Crippen molar-refractivity contribution in [1.29, 1.82) is 0 Å². The van der Waals surface area contributed by atoms with Crippen molar-refractivity contribution in [2.24, 2.45) is 9.98 Å². The Labute approximate surface area is 140 Å². The molecule has 3 unspecified atom stereocenters. The van der Waals surface area contributed by atoms with Crippen molar-refractivity contribution in [2.45, 2.75) is 44.5 Å². The van der Waals surface area contributed by atoms with E-state index in [1.807, 2.05) is 0 Å². The van der Waals surface area contributed by atoms with Crippen molar-refractivity contribution in [1.82, 2.24) is 9.80 Å². The second kappa shape index (κ2) is 6.05. The normalized spacial score (nSPS) is 30.8. The van der Waals surface area contributed by atoms with E-state index in [9.17, 15) is 9.90 Å². The molecule has 3 atom stereocenters. The number of amidine groups is 1. The monoisotopic (exact) mass is 360 g/mol. The van der Waals surface area contributed by atoms with E-state index >= 15 is 0 Å². The van der Waals surface area contributed by atoms with Crippen LogP contribution in [-0.4, -0.2) is 72.9 Å². The average molecular weight is 360 g/mol. The summed E-state index contributed by atoms with van der Waals surface area (Å²) in [6, 6.07) is -0.582. The molecule has 2 amide bonds. The number of amides is 2. The summed E-state index contributed by atoms with van der Waals surface area (Å²) < 4.78 is 17.0. The number of aliphatic hydroxyl groups excluding tert-OH is 1. The fraction of sp³-hybridized carbons (Fsp3) is 0.750. The molecule has 128 valence electrons. The van der Waals surface area contributed by atoms with Crippen LogP contribution in [0, 0.1) is 0 Å².